The zero-order valence-corrected chi connectivity index (χ0v) is 21.0. The van der Waals surface area contributed by atoms with Crippen LogP contribution in [0.4, 0.5) is 5.69 Å². The van der Waals surface area contributed by atoms with E-state index in [2.05, 4.69) is 15.3 Å². The number of ketones is 1. The molecule has 4 N–H and O–H groups in total. The highest BCUT2D eigenvalue weighted by atomic mass is 32.2. The van der Waals surface area contributed by atoms with Crippen molar-refractivity contribution in [3.63, 3.8) is 0 Å². The van der Waals surface area contributed by atoms with Gasteiger partial charge in [0.25, 0.3) is 0 Å². The number of H-pyrrole nitrogens is 1. The Morgan fingerprint density at radius 2 is 1.81 bits per heavy atom. The van der Waals surface area contributed by atoms with E-state index < -0.39 is 16.3 Å². The Kier molecular flexibility index (Phi) is 8.09. The summed E-state index contributed by atoms with van der Waals surface area (Å²) >= 11 is 0. The topological polar surface area (TPSA) is 160 Å². The van der Waals surface area contributed by atoms with Crippen molar-refractivity contribution >= 4 is 27.7 Å². The molecule has 1 aliphatic heterocycles. The number of hydrogen-bond acceptors (Lipinski definition) is 7. The molecule has 37 heavy (non-hydrogen) atoms. The zero-order valence-electron chi connectivity index (χ0n) is 20.2. The minimum absolute atomic E-state index is 0.0116. The van der Waals surface area contributed by atoms with Crippen LogP contribution in [-0.4, -0.2) is 47.8 Å². The van der Waals surface area contributed by atoms with Crippen molar-refractivity contribution in [3.8, 4) is 11.5 Å². The Labute approximate surface area is 214 Å². The van der Waals surface area contributed by atoms with Gasteiger partial charge in [-0.1, -0.05) is 19.1 Å². The van der Waals surface area contributed by atoms with Crippen molar-refractivity contribution < 1.29 is 32.0 Å². The molecule has 2 heterocycles. The number of aryl methyl sites for hydroxylation is 1. The van der Waals surface area contributed by atoms with Crippen LogP contribution in [-0.2, 0) is 27.9 Å². The van der Waals surface area contributed by atoms with Crippen LogP contribution < -0.4 is 19.5 Å². The van der Waals surface area contributed by atoms with E-state index in [0.717, 1.165) is 17.7 Å². The van der Waals surface area contributed by atoms with E-state index in [0.29, 0.717) is 42.5 Å². The van der Waals surface area contributed by atoms with Crippen LogP contribution in [0.1, 0.15) is 53.2 Å². The third kappa shape index (κ3) is 7.30. The number of ether oxygens (including phenoxy) is 2. The van der Waals surface area contributed by atoms with Gasteiger partial charge in [0.2, 0.25) is 5.91 Å². The number of nitrogens with zero attached hydrogens (tertiary/aromatic N) is 1. The van der Waals surface area contributed by atoms with Gasteiger partial charge in [-0.05, 0) is 48.7 Å². The molecule has 12 heteroatoms. The molecule has 1 aromatic heterocycles. The summed E-state index contributed by atoms with van der Waals surface area (Å²) in [5.41, 5.74) is 2.37. The first-order valence-corrected chi connectivity index (χ1v) is 13.2. The van der Waals surface area contributed by atoms with Gasteiger partial charge in [-0.2, -0.15) is 8.42 Å². The summed E-state index contributed by atoms with van der Waals surface area (Å²) < 4.78 is 44.0. The molecule has 0 fully saturated rings. The molecular formula is C25H28N4O7S. The molecule has 0 radical (unpaired) electrons. The number of carbonyl (C=O) groups is 2. The molecule has 3 aromatic rings. The van der Waals surface area contributed by atoms with Gasteiger partial charge < -0.3 is 19.8 Å². The highest BCUT2D eigenvalue weighted by Gasteiger charge is 2.20. The molecule has 1 atom stereocenters. The van der Waals surface area contributed by atoms with Crippen molar-refractivity contribution in [2.45, 2.75) is 38.6 Å². The van der Waals surface area contributed by atoms with Crippen molar-refractivity contribution in [1.29, 1.82) is 0 Å². The largest absolute Gasteiger partial charge is 0.486 e. The van der Waals surface area contributed by atoms with Gasteiger partial charge in [0, 0.05) is 30.3 Å². The lowest BCUT2D eigenvalue weighted by molar-refractivity contribution is -0.121. The third-order valence-electron chi connectivity index (χ3n) is 5.78. The molecule has 0 bridgehead atoms. The fourth-order valence-electron chi connectivity index (χ4n) is 3.90. The van der Waals surface area contributed by atoms with Crippen LogP contribution in [0.25, 0.3) is 0 Å². The molecule has 0 aliphatic carbocycles. The van der Waals surface area contributed by atoms with Crippen molar-refractivity contribution in [2.24, 2.45) is 0 Å². The molecule has 2 aromatic carbocycles. The second kappa shape index (κ2) is 11.4. The van der Waals surface area contributed by atoms with Gasteiger partial charge in [-0.25, -0.2) is 4.98 Å². The van der Waals surface area contributed by atoms with E-state index in [4.69, 9.17) is 14.0 Å². The Morgan fingerprint density at radius 1 is 1.08 bits per heavy atom. The van der Waals surface area contributed by atoms with E-state index in [9.17, 15) is 18.0 Å². The Balaban J connectivity index is 1.40. The maximum absolute atomic E-state index is 12.8. The first-order chi connectivity index (χ1) is 17.7. The summed E-state index contributed by atoms with van der Waals surface area (Å²) in [6, 6.07) is 10.9. The Bertz CT molecular complexity index is 1370. The van der Waals surface area contributed by atoms with Crippen molar-refractivity contribution in [1.82, 2.24) is 15.3 Å². The highest BCUT2D eigenvalue weighted by Crippen LogP contribution is 2.31. The SMILES string of the molecule is CCc1cnc([C@H](Cc2ccc(NS(=O)(=O)O)cc2)NC(=O)CCC(=O)c2ccc3c(c2)OCCO3)[nH]1. The molecule has 1 amide bonds. The molecule has 0 unspecified atom stereocenters. The number of amides is 1. The van der Waals surface area contributed by atoms with Crippen LogP contribution in [0.5, 0.6) is 11.5 Å². The smallest absolute Gasteiger partial charge is 0.357 e. The van der Waals surface area contributed by atoms with Gasteiger partial charge in [0.15, 0.2) is 17.3 Å². The minimum atomic E-state index is -4.37. The van der Waals surface area contributed by atoms with E-state index in [-0.39, 0.29) is 30.2 Å². The van der Waals surface area contributed by atoms with Gasteiger partial charge >= 0.3 is 10.3 Å². The number of hydrogen-bond donors (Lipinski definition) is 4. The fraction of sp³-hybridized carbons (Fsp3) is 0.320. The van der Waals surface area contributed by atoms with Crippen LogP contribution in [0.3, 0.4) is 0 Å². The van der Waals surface area contributed by atoms with Gasteiger partial charge in [0.05, 0.1) is 11.7 Å². The number of nitrogens with one attached hydrogen (secondary N) is 3. The highest BCUT2D eigenvalue weighted by molar-refractivity contribution is 7.87. The summed E-state index contributed by atoms with van der Waals surface area (Å²) in [5, 5.41) is 2.95. The lowest BCUT2D eigenvalue weighted by Gasteiger charge is -2.19. The predicted molar refractivity (Wildman–Crippen MR) is 135 cm³/mol. The molecule has 1 aliphatic rings. The van der Waals surface area contributed by atoms with Gasteiger partial charge in [0.1, 0.15) is 19.0 Å². The molecule has 4 rings (SSSR count). The third-order valence-corrected chi connectivity index (χ3v) is 6.27. The average Bonchev–Trinajstić information content (AvgIpc) is 3.36. The lowest BCUT2D eigenvalue weighted by Crippen LogP contribution is -2.31. The van der Waals surface area contributed by atoms with Gasteiger partial charge in [-0.3, -0.25) is 18.9 Å². The lowest BCUT2D eigenvalue weighted by atomic mass is 10.0. The normalized spacial score (nSPS) is 13.6. The maximum Gasteiger partial charge on any atom is 0.357 e. The first kappa shape index (κ1) is 26.2. The summed E-state index contributed by atoms with van der Waals surface area (Å²) in [6.45, 7) is 2.86. The standard InChI is InChI=1S/C25H28N4O7S/c1-2-18-15-26-25(27-18)20(13-16-3-6-19(7-4-16)29-37(32,33)34)28-24(31)10-8-21(30)17-5-9-22-23(14-17)36-12-11-35-22/h3-7,9,14-15,20,29H,2,8,10-13H2,1H3,(H,26,27)(H,28,31)(H,32,33,34)/t20-/m0/s1. The molecular weight excluding hydrogens is 500 g/mol. The van der Waals surface area contributed by atoms with E-state index in [1.807, 2.05) is 11.6 Å². The molecule has 196 valence electrons. The van der Waals surface area contributed by atoms with E-state index >= 15 is 0 Å². The number of imidazole rings is 1. The Hall–Kier alpha value is -3.90. The van der Waals surface area contributed by atoms with Crippen molar-refractivity contribution in [2.75, 3.05) is 17.9 Å². The number of aromatic nitrogens is 2. The minimum Gasteiger partial charge on any atom is -0.486 e. The quantitative estimate of drug-likeness (QED) is 0.218. The summed E-state index contributed by atoms with van der Waals surface area (Å²) in [5.74, 6) is 1.19. The summed E-state index contributed by atoms with van der Waals surface area (Å²) in [7, 11) is -4.37. The second-order valence-corrected chi connectivity index (χ2v) is 9.68. The molecule has 0 spiro atoms. The number of anilines is 1. The summed E-state index contributed by atoms with van der Waals surface area (Å²) in [4.78, 5) is 33.1. The monoisotopic (exact) mass is 528 g/mol. The van der Waals surface area contributed by atoms with Crippen molar-refractivity contribution in [3.05, 3.63) is 71.3 Å². The van der Waals surface area contributed by atoms with E-state index in [1.54, 1.807) is 36.5 Å². The second-order valence-electron chi connectivity index (χ2n) is 8.53. The van der Waals surface area contributed by atoms with Crippen LogP contribution in [0.2, 0.25) is 0 Å². The number of rotatable bonds is 11. The molecule has 11 nitrogen and oxygen atoms in total. The number of Topliss-reactive ketones (excluding diaryl/α,β-unsaturated/α-hetero) is 1. The predicted octanol–water partition coefficient (Wildman–Crippen LogP) is 3.02. The number of carbonyl (C=O) groups excluding carboxylic acids is 2. The zero-order chi connectivity index (χ0) is 26.4. The number of benzene rings is 2. The maximum atomic E-state index is 12.8. The summed E-state index contributed by atoms with van der Waals surface area (Å²) in [6.07, 6.45) is 2.83. The molecule has 0 saturated heterocycles. The van der Waals surface area contributed by atoms with Crippen LogP contribution in [0, 0.1) is 0 Å². The Morgan fingerprint density at radius 3 is 2.49 bits per heavy atom. The fourth-order valence-corrected chi connectivity index (χ4v) is 4.33. The molecule has 0 saturated carbocycles. The first-order valence-electron chi connectivity index (χ1n) is 11.8. The average molecular weight is 529 g/mol. The van der Waals surface area contributed by atoms with E-state index in [1.165, 1.54) is 12.1 Å². The van der Waals surface area contributed by atoms with Crippen LogP contribution >= 0.6 is 0 Å². The van der Waals surface area contributed by atoms with Gasteiger partial charge in [-0.15, -0.1) is 0 Å². The van der Waals surface area contributed by atoms with Crippen LogP contribution in [0.15, 0.2) is 48.7 Å². The number of fused-ring (bicyclic) bond motifs is 1. The number of aromatic amines is 1.